The zero-order valence-corrected chi connectivity index (χ0v) is 13.5. The molecule has 0 heterocycles. The predicted molar refractivity (Wildman–Crippen MR) is 90.1 cm³/mol. The molecule has 0 saturated heterocycles. The van der Waals surface area contributed by atoms with Gasteiger partial charge >= 0.3 is 0 Å². The summed E-state index contributed by atoms with van der Waals surface area (Å²) < 4.78 is 0. The maximum Gasteiger partial charge on any atom is 0.133 e. The van der Waals surface area contributed by atoms with E-state index in [2.05, 4.69) is 19.8 Å². The maximum atomic E-state index is 10.2. The third-order valence-electron chi connectivity index (χ3n) is 2.91. The molecule has 5 heteroatoms. The highest BCUT2D eigenvalue weighted by Gasteiger charge is 2.02. The molecule has 1 aromatic rings. The van der Waals surface area contributed by atoms with Crippen molar-refractivity contribution in [2.75, 3.05) is 54.4 Å². The van der Waals surface area contributed by atoms with E-state index in [-0.39, 0.29) is 5.75 Å². The molecule has 0 aliphatic carbocycles. The number of aliphatic imine (C=N–C) groups is 2. The van der Waals surface area contributed by atoms with Crippen molar-refractivity contribution in [1.29, 1.82) is 0 Å². The van der Waals surface area contributed by atoms with Crippen molar-refractivity contribution in [3.63, 3.8) is 0 Å². The van der Waals surface area contributed by atoms with E-state index in [4.69, 9.17) is 0 Å². The number of phenolic OH excluding ortho intramolecular Hbond substituents is 1. The molecule has 0 amide bonds. The number of benzene rings is 1. The van der Waals surface area contributed by atoms with Gasteiger partial charge in [-0.25, -0.2) is 0 Å². The van der Waals surface area contributed by atoms with Crippen molar-refractivity contribution >= 4 is 12.4 Å². The second-order valence-corrected chi connectivity index (χ2v) is 5.46. The summed E-state index contributed by atoms with van der Waals surface area (Å²) in [5.74, 6) is 0.236. The molecule has 1 rings (SSSR count). The molecule has 116 valence electrons. The summed E-state index contributed by atoms with van der Waals surface area (Å²) in [4.78, 5) is 12.8. The number of hydrogen-bond donors (Lipinski definition) is 1. The molecule has 1 N–H and O–H groups in total. The number of nitrogens with zero attached hydrogens (tertiary/aromatic N) is 4. The van der Waals surface area contributed by atoms with E-state index in [1.165, 1.54) is 0 Å². The molecule has 21 heavy (non-hydrogen) atoms. The molecule has 0 saturated carbocycles. The highest BCUT2D eigenvalue weighted by atomic mass is 16.3. The Bertz CT molecular complexity index is 441. The van der Waals surface area contributed by atoms with E-state index >= 15 is 0 Å². The van der Waals surface area contributed by atoms with Gasteiger partial charge in [0.25, 0.3) is 0 Å². The molecular formula is C16H26N4O. The van der Waals surface area contributed by atoms with Gasteiger partial charge in [0.1, 0.15) is 5.75 Å². The minimum atomic E-state index is 0.236. The molecule has 0 aromatic heterocycles. The first-order valence-corrected chi connectivity index (χ1v) is 7.12. The highest BCUT2D eigenvalue weighted by Crippen LogP contribution is 2.19. The Labute approximate surface area is 127 Å². The van der Waals surface area contributed by atoms with Gasteiger partial charge < -0.3 is 14.9 Å². The first-order valence-electron chi connectivity index (χ1n) is 7.12. The molecule has 0 aliphatic heterocycles. The lowest BCUT2D eigenvalue weighted by Gasteiger charge is -2.07. The molecule has 0 spiro atoms. The lowest BCUT2D eigenvalue weighted by Crippen LogP contribution is -2.15. The Morgan fingerprint density at radius 1 is 0.905 bits per heavy atom. The van der Waals surface area contributed by atoms with Gasteiger partial charge in [-0.15, -0.1) is 0 Å². The van der Waals surface area contributed by atoms with Crippen molar-refractivity contribution < 1.29 is 5.11 Å². The minimum Gasteiger partial charge on any atom is -0.507 e. The van der Waals surface area contributed by atoms with Gasteiger partial charge in [-0.2, -0.15) is 0 Å². The first-order chi connectivity index (χ1) is 10.0. The summed E-state index contributed by atoms with van der Waals surface area (Å²) in [5, 5.41) is 10.2. The first kappa shape index (κ1) is 17.3. The average Bonchev–Trinajstić information content (AvgIpc) is 2.42. The lowest BCUT2D eigenvalue weighted by atomic mass is 10.1. The smallest absolute Gasteiger partial charge is 0.133 e. The van der Waals surface area contributed by atoms with Crippen molar-refractivity contribution in [3.8, 4) is 5.75 Å². The van der Waals surface area contributed by atoms with Gasteiger partial charge in [0, 0.05) is 36.6 Å². The Balaban J connectivity index is 2.65. The zero-order chi connectivity index (χ0) is 15.7. The summed E-state index contributed by atoms with van der Waals surface area (Å²) in [7, 11) is 8.05. The quantitative estimate of drug-likeness (QED) is 0.735. The number of likely N-dealkylation sites (N-methyl/N-ethyl adjacent to an activating group) is 2. The number of para-hydroxylation sites is 1. The van der Waals surface area contributed by atoms with Crippen LogP contribution in [-0.2, 0) is 0 Å². The largest absolute Gasteiger partial charge is 0.507 e. The van der Waals surface area contributed by atoms with Crippen LogP contribution in [0.4, 0.5) is 0 Å². The van der Waals surface area contributed by atoms with Gasteiger partial charge in [0.15, 0.2) is 0 Å². The Morgan fingerprint density at radius 2 is 1.33 bits per heavy atom. The van der Waals surface area contributed by atoms with Crippen LogP contribution in [0.1, 0.15) is 11.1 Å². The van der Waals surface area contributed by atoms with Crippen LogP contribution in [0.5, 0.6) is 5.75 Å². The zero-order valence-electron chi connectivity index (χ0n) is 13.5. The number of phenols is 1. The Kier molecular flexibility index (Phi) is 7.64. The monoisotopic (exact) mass is 290 g/mol. The van der Waals surface area contributed by atoms with Gasteiger partial charge in [-0.05, 0) is 40.3 Å². The average molecular weight is 290 g/mol. The van der Waals surface area contributed by atoms with Crippen molar-refractivity contribution in [1.82, 2.24) is 9.80 Å². The molecule has 0 fully saturated rings. The third kappa shape index (κ3) is 7.02. The minimum absolute atomic E-state index is 0.236. The van der Waals surface area contributed by atoms with Gasteiger partial charge in [-0.1, -0.05) is 6.07 Å². The number of rotatable bonds is 8. The van der Waals surface area contributed by atoms with Gasteiger partial charge in [-0.3, -0.25) is 9.98 Å². The molecule has 0 atom stereocenters. The normalized spacial score (nSPS) is 12.3. The Hall–Kier alpha value is -1.72. The summed E-state index contributed by atoms with van der Waals surface area (Å²) in [6.45, 7) is 3.22. The predicted octanol–water partition coefficient (Wildman–Crippen LogP) is 1.35. The third-order valence-corrected chi connectivity index (χ3v) is 2.91. The standard InChI is InChI=1S/C16H26N4O/c1-19(2)10-8-17-12-14-6-5-7-15(16(14)21)13-18-9-11-20(3)4/h5-7,12-13,21H,8-11H2,1-4H3. The van der Waals surface area contributed by atoms with Crippen molar-refractivity contribution in [2.45, 2.75) is 0 Å². The molecule has 0 aliphatic rings. The Morgan fingerprint density at radius 3 is 1.71 bits per heavy atom. The highest BCUT2D eigenvalue weighted by molar-refractivity contribution is 5.91. The summed E-state index contributed by atoms with van der Waals surface area (Å²) >= 11 is 0. The number of aromatic hydroxyl groups is 1. The molecular weight excluding hydrogens is 264 g/mol. The van der Waals surface area contributed by atoms with Crippen LogP contribution in [0.2, 0.25) is 0 Å². The van der Waals surface area contributed by atoms with Crippen LogP contribution in [0, 0.1) is 0 Å². The SMILES string of the molecule is CN(C)CCN=Cc1cccc(C=NCCN(C)C)c1O. The maximum absolute atomic E-state index is 10.2. The van der Waals surface area contributed by atoms with Crippen molar-refractivity contribution in [3.05, 3.63) is 29.3 Å². The van der Waals surface area contributed by atoms with Crippen LogP contribution in [0.25, 0.3) is 0 Å². The van der Waals surface area contributed by atoms with Crippen LogP contribution in [-0.4, -0.2) is 81.7 Å². The lowest BCUT2D eigenvalue weighted by molar-refractivity contribution is 0.420. The summed E-state index contributed by atoms with van der Waals surface area (Å²) in [6.07, 6.45) is 3.44. The van der Waals surface area contributed by atoms with E-state index in [9.17, 15) is 5.11 Å². The second kappa shape index (κ2) is 9.26. The molecule has 0 radical (unpaired) electrons. The molecule has 0 unspecified atom stereocenters. The van der Waals surface area contributed by atoms with E-state index in [1.54, 1.807) is 12.4 Å². The van der Waals surface area contributed by atoms with E-state index in [1.807, 2.05) is 46.4 Å². The molecule has 5 nitrogen and oxygen atoms in total. The van der Waals surface area contributed by atoms with E-state index < -0.39 is 0 Å². The molecule has 1 aromatic carbocycles. The fraction of sp³-hybridized carbons (Fsp3) is 0.500. The van der Waals surface area contributed by atoms with Gasteiger partial charge in [0.2, 0.25) is 0 Å². The van der Waals surface area contributed by atoms with Crippen LogP contribution >= 0.6 is 0 Å². The summed E-state index contributed by atoms with van der Waals surface area (Å²) in [5.41, 5.74) is 1.45. The van der Waals surface area contributed by atoms with Crippen LogP contribution in [0.3, 0.4) is 0 Å². The van der Waals surface area contributed by atoms with E-state index in [0.29, 0.717) is 13.1 Å². The van der Waals surface area contributed by atoms with Crippen LogP contribution in [0.15, 0.2) is 28.2 Å². The summed E-state index contributed by atoms with van der Waals surface area (Å²) in [6, 6.07) is 5.61. The molecule has 0 bridgehead atoms. The topological polar surface area (TPSA) is 51.4 Å². The van der Waals surface area contributed by atoms with Gasteiger partial charge in [0.05, 0.1) is 13.1 Å². The van der Waals surface area contributed by atoms with Crippen molar-refractivity contribution in [2.24, 2.45) is 9.98 Å². The van der Waals surface area contributed by atoms with Crippen LogP contribution < -0.4 is 0 Å². The fourth-order valence-electron chi connectivity index (χ4n) is 1.63. The fourth-order valence-corrected chi connectivity index (χ4v) is 1.63. The second-order valence-electron chi connectivity index (χ2n) is 5.46. The van der Waals surface area contributed by atoms with E-state index in [0.717, 1.165) is 24.2 Å². The number of hydrogen-bond acceptors (Lipinski definition) is 5.